The van der Waals surface area contributed by atoms with Gasteiger partial charge in [0, 0.05) is 13.2 Å². The zero-order valence-electron chi connectivity index (χ0n) is 13.6. The highest BCUT2D eigenvalue weighted by Crippen LogP contribution is 2.44. The van der Waals surface area contributed by atoms with Crippen molar-refractivity contribution < 1.29 is 14.2 Å². The quantitative estimate of drug-likeness (QED) is 0.517. The Kier molecular flexibility index (Phi) is 5.84. The van der Waals surface area contributed by atoms with Crippen molar-refractivity contribution >= 4 is 26.7 Å². The molecule has 0 spiro atoms. The van der Waals surface area contributed by atoms with Crippen molar-refractivity contribution in [1.82, 2.24) is 0 Å². The molecule has 0 aliphatic carbocycles. The van der Waals surface area contributed by atoms with E-state index in [9.17, 15) is 0 Å². The van der Waals surface area contributed by atoms with E-state index in [1.54, 1.807) is 7.11 Å². The molecule has 0 saturated heterocycles. The van der Waals surface area contributed by atoms with Crippen molar-refractivity contribution in [1.29, 1.82) is 0 Å². The molecule has 2 rings (SSSR count). The molecule has 0 saturated carbocycles. The van der Waals surface area contributed by atoms with Gasteiger partial charge in [-0.25, -0.2) is 0 Å². The molecule has 0 N–H and O–H groups in total. The number of methoxy groups -OCH3 is 1. The summed E-state index contributed by atoms with van der Waals surface area (Å²) in [7, 11) is 1.68. The maximum atomic E-state index is 6.12. The van der Waals surface area contributed by atoms with Crippen LogP contribution in [0.15, 0.2) is 36.4 Å². The second-order valence-corrected chi connectivity index (χ2v) is 6.39. The number of benzene rings is 2. The minimum Gasteiger partial charge on any atom is -0.496 e. The Morgan fingerprint density at radius 2 is 1.68 bits per heavy atom. The molecule has 0 amide bonds. The van der Waals surface area contributed by atoms with Gasteiger partial charge in [-0.2, -0.15) is 0 Å². The normalized spacial score (nSPS) is 13.3. The molecule has 1 atom stereocenters. The van der Waals surface area contributed by atoms with Crippen LogP contribution in [0.25, 0.3) is 10.8 Å². The van der Waals surface area contributed by atoms with E-state index in [0.717, 1.165) is 22.1 Å². The van der Waals surface area contributed by atoms with Crippen LogP contribution in [0.3, 0.4) is 0 Å². The van der Waals surface area contributed by atoms with Gasteiger partial charge in [0.05, 0.1) is 17.5 Å². The van der Waals surface area contributed by atoms with Crippen LogP contribution in [-0.4, -0.2) is 25.2 Å². The molecule has 0 aliphatic rings. The molecule has 2 aromatic carbocycles. The van der Waals surface area contributed by atoms with Gasteiger partial charge < -0.3 is 14.2 Å². The first-order chi connectivity index (χ1) is 10.6. The first kappa shape index (κ1) is 17.3. The van der Waals surface area contributed by atoms with Crippen LogP contribution in [0.1, 0.15) is 26.3 Å². The Balaban J connectivity index is 2.81. The van der Waals surface area contributed by atoms with Gasteiger partial charge >= 0.3 is 0 Å². The largest absolute Gasteiger partial charge is 0.496 e. The lowest BCUT2D eigenvalue weighted by molar-refractivity contribution is -0.238. The van der Waals surface area contributed by atoms with Crippen LogP contribution in [0, 0.1) is 0 Å². The molecule has 120 valence electrons. The fraction of sp³-hybridized carbons (Fsp3) is 0.444. The lowest BCUT2D eigenvalue weighted by atomic mass is 9.94. The van der Waals surface area contributed by atoms with E-state index < -0.39 is 5.79 Å². The van der Waals surface area contributed by atoms with Crippen LogP contribution >= 0.6 is 15.9 Å². The van der Waals surface area contributed by atoms with Crippen LogP contribution in [0.2, 0.25) is 0 Å². The third-order valence-corrected chi connectivity index (χ3v) is 4.30. The van der Waals surface area contributed by atoms with E-state index in [-0.39, 0.29) is 4.83 Å². The van der Waals surface area contributed by atoms with Crippen molar-refractivity contribution in [3.8, 4) is 5.75 Å². The van der Waals surface area contributed by atoms with E-state index in [1.165, 1.54) is 0 Å². The van der Waals surface area contributed by atoms with Crippen LogP contribution in [-0.2, 0) is 15.3 Å². The maximum Gasteiger partial charge on any atom is 0.211 e. The summed E-state index contributed by atoms with van der Waals surface area (Å²) in [6.45, 7) is 7.07. The predicted octanol–water partition coefficient (Wildman–Crippen LogP) is 4.86. The van der Waals surface area contributed by atoms with Crippen molar-refractivity contribution in [2.45, 2.75) is 31.4 Å². The molecule has 1 unspecified atom stereocenters. The number of hydrogen-bond donors (Lipinski definition) is 0. The molecule has 22 heavy (non-hydrogen) atoms. The molecule has 0 aromatic heterocycles. The number of hydrogen-bond acceptors (Lipinski definition) is 3. The van der Waals surface area contributed by atoms with E-state index >= 15 is 0 Å². The minimum atomic E-state index is -0.893. The van der Waals surface area contributed by atoms with Crippen LogP contribution in [0.5, 0.6) is 5.75 Å². The highest BCUT2D eigenvalue weighted by atomic mass is 79.9. The summed E-state index contributed by atoms with van der Waals surface area (Å²) in [5.41, 5.74) is 0.932. The number of rotatable bonds is 7. The third kappa shape index (κ3) is 3.00. The monoisotopic (exact) mass is 366 g/mol. The maximum absolute atomic E-state index is 6.12. The Hall–Kier alpha value is -1.10. The molecule has 0 bridgehead atoms. The van der Waals surface area contributed by atoms with Gasteiger partial charge in [0.15, 0.2) is 0 Å². The van der Waals surface area contributed by atoms with Crippen molar-refractivity contribution in [2.75, 3.05) is 20.3 Å². The van der Waals surface area contributed by atoms with Crippen molar-refractivity contribution in [3.63, 3.8) is 0 Å². The Morgan fingerprint density at radius 1 is 1.05 bits per heavy atom. The van der Waals surface area contributed by atoms with E-state index in [0.29, 0.717) is 13.2 Å². The zero-order chi connectivity index (χ0) is 16.2. The highest BCUT2D eigenvalue weighted by molar-refractivity contribution is 9.09. The summed E-state index contributed by atoms with van der Waals surface area (Å²) >= 11 is 3.68. The van der Waals surface area contributed by atoms with E-state index in [1.807, 2.05) is 39.0 Å². The summed E-state index contributed by atoms with van der Waals surface area (Å²) in [6, 6.07) is 12.2. The number of fused-ring (bicyclic) bond motifs is 1. The first-order valence-corrected chi connectivity index (χ1v) is 8.50. The first-order valence-electron chi connectivity index (χ1n) is 7.58. The Labute approximate surface area is 140 Å². The molecule has 0 fully saturated rings. The molecule has 4 heteroatoms. The van der Waals surface area contributed by atoms with Gasteiger partial charge in [0.2, 0.25) is 5.79 Å². The van der Waals surface area contributed by atoms with Crippen molar-refractivity contribution in [2.24, 2.45) is 0 Å². The van der Waals surface area contributed by atoms with Gasteiger partial charge in [0.1, 0.15) is 5.75 Å². The summed E-state index contributed by atoms with van der Waals surface area (Å²) in [5, 5.41) is 2.21. The van der Waals surface area contributed by atoms with Gasteiger partial charge in [-0.3, -0.25) is 0 Å². The average Bonchev–Trinajstić information content (AvgIpc) is 2.53. The molecule has 3 nitrogen and oxygen atoms in total. The fourth-order valence-electron chi connectivity index (χ4n) is 2.82. The lowest BCUT2D eigenvalue weighted by Gasteiger charge is -2.37. The molecule has 0 radical (unpaired) electrons. The zero-order valence-corrected chi connectivity index (χ0v) is 15.1. The van der Waals surface area contributed by atoms with E-state index in [4.69, 9.17) is 14.2 Å². The van der Waals surface area contributed by atoms with Gasteiger partial charge in [-0.05, 0) is 37.6 Å². The summed E-state index contributed by atoms with van der Waals surface area (Å²) in [4.78, 5) is -0.0420. The smallest absolute Gasteiger partial charge is 0.211 e. The SMILES string of the molecule is CCOC(OCC)(c1c(OC)ccc2ccccc12)C(C)Br. The summed E-state index contributed by atoms with van der Waals surface area (Å²) < 4.78 is 17.9. The van der Waals surface area contributed by atoms with Gasteiger partial charge in [-0.15, -0.1) is 0 Å². The standard InChI is InChI=1S/C18H23BrO3/c1-5-21-18(13(3)19,22-6-2)17-15-10-8-7-9-14(15)11-12-16(17)20-4/h7-13H,5-6H2,1-4H3. The molecular weight excluding hydrogens is 344 g/mol. The Morgan fingerprint density at radius 3 is 2.23 bits per heavy atom. The number of ether oxygens (including phenoxy) is 3. The highest BCUT2D eigenvalue weighted by Gasteiger charge is 2.42. The second kappa shape index (κ2) is 7.44. The van der Waals surface area contributed by atoms with Crippen molar-refractivity contribution in [3.05, 3.63) is 42.0 Å². The summed E-state index contributed by atoms with van der Waals surface area (Å²) in [6.07, 6.45) is 0. The van der Waals surface area contributed by atoms with E-state index in [2.05, 4.69) is 34.1 Å². The third-order valence-electron chi connectivity index (χ3n) is 3.70. The second-order valence-electron chi connectivity index (χ2n) is 5.01. The van der Waals surface area contributed by atoms with Crippen LogP contribution in [0.4, 0.5) is 0 Å². The lowest BCUT2D eigenvalue weighted by Crippen LogP contribution is -2.41. The molecule has 0 heterocycles. The molecule has 0 aliphatic heterocycles. The fourth-order valence-corrected chi connectivity index (χ4v) is 3.32. The Bertz CT molecular complexity index is 619. The molecule has 2 aromatic rings. The van der Waals surface area contributed by atoms with Gasteiger partial charge in [-0.1, -0.05) is 46.3 Å². The van der Waals surface area contributed by atoms with Gasteiger partial charge in [0.25, 0.3) is 0 Å². The molecular formula is C18H23BrO3. The average molecular weight is 367 g/mol. The predicted molar refractivity (Wildman–Crippen MR) is 93.8 cm³/mol. The number of halogens is 1. The minimum absolute atomic E-state index is 0.0420. The topological polar surface area (TPSA) is 27.7 Å². The summed E-state index contributed by atoms with van der Waals surface area (Å²) in [5.74, 6) is -0.123. The van der Waals surface area contributed by atoms with Crippen LogP contribution < -0.4 is 4.74 Å². The number of alkyl halides is 1.